The van der Waals surface area contributed by atoms with Crippen LogP contribution in [0.1, 0.15) is 36.8 Å². The molecule has 5 heteroatoms. The van der Waals surface area contributed by atoms with Crippen molar-refractivity contribution in [1.82, 2.24) is 15.2 Å². The van der Waals surface area contributed by atoms with E-state index >= 15 is 0 Å². The van der Waals surface area contributed by atoms with Crippen LogP contribution in [0.3, 0.4) is 0 Å². The zero-order valence-corrected chi connectivity index (χ0v) is 13.5. The molecule has 0 radical (unpaired) electrons. The number of likely N-dealkylation sites (tertiary alicyclic amines) is 1. The molecule has 0 aromatic carbocycles. The maximum Gasteiger partial charge on any atom is 0.185 e. The van der Waals surface area contributed by atoms with Crippen LogP contribution < -0.4 is 10.2 Å². The summed E-state index contributed by atoms with van der Waals surface area (Å²) in [5.74, 6) is 0. The van der Waals surface area contributed by atoms with Gasteiger partial charge in [0.15, 0.2) is 5.13 Å². The highest BCUT2D eigenvalue weighted by atomic mass is 32.1. The van der Waals surface area contributed by atoms with E-state index < -0.39 is 0 Å². The average molecular weight is 294 g/mol. The van der Waals surface area contributed by atoms with Crippen molar-refractivity contribution >= 4 is 16.5 Å². The molecule has 2 fully saturated rings. The number of aryl methyl sites for hydroxylation is 1. The van der Waals surface area contributed by atoms with Crippen LogP contribution in [0.25, 0.3) is 0 Å². The van der Waals surface area contributed by atoms with Gasteiger partial charge in [-0.1, -0.05) is 6.92 Å². The predicted molar refractivity (Wildman–Crippen MR) is 85.7 cm³/mol. The molecule has 1 N–H and O–H groups in total. The van der Waals surface area contributed by atoms with Crippen molar-refractivity contribution in [3.63, 3.8) is 0 Å². The average Bonchev–Trinajstić information content (AvgIpc) is 3.18. The van der Waals surface area contributed by atoms with Crippen LogP contribution in [0.15, 0.2) is 0 Å². The van der Waals surface area contributed by atoms with Crippen molar-refractivity contribution in [2.75, 3.05) is 38.1 Å². The predicted octanol–water partition coefficient (Wildman–Crippen LogP) is 2.10. The first kappa shape index (κ1) is 14.3. The number of thiazole rings is 1. The monoisotopic (exact) mass is 294 g/mol. The second kappa shape index (κ2) is 6.41. The van der Waals surface area contributed by atoms with Gasteiger partial charge in [-0.05, 0) is 45.8 Å². The summed E-state index contributed by atoms with van der Waals surface area (Å²) in [5, 5.41) is 4.50. The first-order valence-corrected chi connectivity index (χ1v) is 8.75. The first-order chi connectivity index (χ1) is 9.81. The summed E-state index contributed by atoms with van der Waals surface area (Å²) < 4.78 is 0. The molecule has 0 spiro atoms. The van der Waals surface area contributed by atoms with Crippen LogP contribution in [-0.4, -0.2) is 49.2 Å². The van der Waals surface area contributed by atoms with Crippen molar-refractivity contribution in [2.45, 2.75) is 45.2 Å². The Kier molecular flexibility index (Phi) is 4.58. The Morgan fingerprint density at radius 1 is 1.30 bits per heavy atom. The maximum atomic E-state index is 4.88. The molecule has 3 heterocycles. The van der Waals surface area contributed by atoms with Gasteiger partial charge in [0, 0.05) is 30.6 Å². The molecule has 4 nitrogen and oxygen atoms in total. The van der Waals surface area contributed by atoms with E-state index in [1.807, 2.05) is 18.4 Å². The minimum Gasteiger partial charge on any atom is -0.346 e. The molecule has 1 unspecified atom stereocenters. The normalized spacial score (nSPS) is 23.9. The standard InChI is InChI=1S/C15H26N4S/c1-3-13-14(10-16-2)20-15(17-13)19-9-6-12(11-19)18-7-4-5-8-18/h12,16H,3-11H2,1-2H3. The van der Waals surface area contributed by atoms with Gasteiger partial charge in [-0.2, -0.15) is 0 Å². The summed E-state index contributed by atoms with van der Waals surface area (Å²) in [4.78, 5) is 11.5. The summed E-state index contributed by atoms with van der Waals surface area (Å²) >= 11 is 1.88. The van der Waals surface area contributed by atoms with E-state index in [0.717, 1.165) is 19.0 Å². The van der Waals surface area contributed by atoms with E-state index in [4.69, 9.17) is 4.98 Å². The summed E-state index contributed by atoms with van der Waals surface area (Å²) in [6, 6.07) is 0.763. The highest BCUT2D eigenvalue weighted by Crippen LogP contribution is 2.31. The largest absolute Gasteiger partial charge is 0.346 e. The quantitative estimate of drug-likeness (QED) is 0.901. The fourth-order valence-electron chi connectivity index (χ4n) is 3.40. The molecule has 0 aliphatic carbocycles. The Morgan fingerprint density at radius 2 is 2.10 bits per heavy atom. The lowest BCUT2D eigenvalue weighted by molar-refractivity contribution is 0.260. The lowest BCUT2D eigenvalue weighted by Gasteiger charge is -2.23. The van der Waals surface area contributed by atoms with E-state index in [9.17, 15) is 0 Å². The molecule has 0 amide bonds. The molecule has 112 valence electrons. The van der Waals surface area contributed by atoms with E-state index in [-0.39, 0.29) is 0 Å². The molecule has 3 rings (SSSR count). The summed E-state index contributed by atoms with van der Waals surface area (Å²) in [7, 11) is 2.01. The summed E-state index contributed by atoms with van der Waals surface area (Å²) in [6.07, 6.45) is 5.12. The lowest BCUT2D eigenvalue weighted by atomic mass is 10.2. The molecular formula is C15H26N4S. The van der Waals surface area contributed by atoms with Crippen LogP contribution in [-0.2, 0) is 13.0 Å². The molecule has 2 saturated heterocycles. The SMILES string of the molecule is CCc1nc(N2CCC(N3CCCC3)C2)sc1CNC. The molecule has 2 aliphatic rings. The van der Waals surface area contributed by atoms with Gasteiger partial charge in [0.05, 0.1) is 5.69 Å². The Balaban J connectivity index is 1.67. The van der Waals surface area contributed by atoms with Gasteiger partial charge in [-0.15, -0.1) is 11.3 Å². The molecule has 0 bridgehead atoms. The Hall–Kier alpha value is -0.650. The van der Waals surface area contributed by atoms with Gasteiger partial charge in [0.1, 0.15) is 0 Å². The molecule has 2 aliphatic heterocycles. The van der Waals surface area contributed by atoms with Crippen molar-refractivity contribution in [2.24, 2.45) is 0 Å². The smallest absolute Gasteiger partial charge is 0.185 e. The third kappa shape index (κ3) is 2.85. The van der Waals surface area contributed by atoms with Crippen molar-refractivity contribution in [3.05, 3.63) is 10.6 Å². The van der Waals surface area contributed by atoms with Crippen LogP contribution in [0.4, 0.5) is 5.13 Å². The topological polar surface area (TPSA) is 31.4 Å². The van der Waals surface area contributed by atoms with E-state index in [1.165, 1.54) is 61.1 Å². The highest BCUT2D eigenvalue weighted by molar-refractivity contribution is 7.15. The third-order valence-corrected chi connectivity index (χ3v) is 5.69. The Bertz CT molecular complexity index is 439. The highest BCUT2D eigenvalue weighted by Gasteiger charge is 2.30. The van der Waals surface area contributed by atoms with Crippen LogP contribution >= 0.6 is 11.3 Å². The van der Waals surface area contributed by atoms with Gasteiger partial charge in [-0.3, -0.25) is 4.90 Å². The van der Waals surface area contributed by atoms with E-state index in [2.05, 4.69) is 22.0 Å². The fraction of sp³-hybridized carbons (Fsp3) is 0.800. The Labute approximate surface area is 126 Å². The second-order valence-electron chi connectivity index (χ2n) is 5.88. The van der Waals surface area contributed by atoms with Crippen molar-refractivity contribution < 1.29 is 0 Å². The molecule has 20 heavy (non-hydrogen) atoms. The summed E-state index contributed by atoms with van der Waals surface area (Å²) in [6.45, 7) is 8.12. The zero-order valence-electron chi connectivity index (χ0n) is 12.7. The van der Waals surface area contributed by atoms with Gasteiger partial charge >= 0.3 is 0 Å². The molecule has 1 aromatic heterocycles. The van der Waals surface area contributed by atoms with Gasteiger partial charge in [0.2, 0.25) is 0 Å². The van der Waals surface area contributed by atoms with E-state index in [0.29, 0.717) is 0 Å². The number of hydrogen-bond acceptors (Lipinski definition) is 5. The van der Waals surface area contributed by atoms with Gasteiger partial charge in [-0.25, -0.2) is 4.98 Å². The Morgan fingerprint density at radius 3 is 2.80 bits per heavy atom. The zero-order chi connectivity index (χ0) is 13.9. The summed E-state index contributed by atoms with van der Waals surface area (Å²) in [5.41, 5.74) is 1.28. The fourth-order valence-corrected chi connectivity index (χ4v) is 4.60. The molecule has 0 saturated carbocycles. The third-order valence-electron chi connectivity index (χ3n) is 4.53. The second-order valence-corrected chi connectivity index (χ2v) is 6.94. The lowest BCUT2D eigenvalue weighted by Crippen LogP contribution is -2.35. The van der Waals surface area contributed by atoms with E-state index in [1.54, 1.807) is 0 Å². The van der Waals surface area contributed by atoms with Crippen LogP contribution in [0.5, 0.6) is 0 Å². The minimum absolute atomic E-state index is 0.763. The van der Waals surface area contributed by atoms with Crippen molar-refractivity contribution in [3.8, 4) is 0 Å². The molecule has 1 atom stereocenters. The number of anilines is 1. The van der Waals surface area contributed by atoms with Gasteiger partial charge in [0.25, 0.3) is 0 Å². The molecule has 1 aromatic rings. The van der Waals surface area contributed by atoms with Crippen LogP contribution in [0, 0.1) is 0 Å². The number of hydrogen-bond donors (Lipinski definition) is 1. The maximum absolute atomic E-state index is 4.88. The minimum atomic E-state index is 0.763. The molecular weight excluding hydrogens is 268 g/mol. The first-order valence-electron chi connectivity index (χ1n) is 7.94. The van der Waals surface area contributed by atoms with Crippen LogP contribution in [0.2, 0.25) is 0 Å². The number of nitrogens with one attached hydrogen (secondary N) is 1. The van der Waals surface area contributed by atoms with Crippen molar-refractivity contribution in [1.29, 1.82) is 0 Å². The van der Waals surface area contributed by atoms with Gasteiger partial charge < -0.3 is 10.2 Å². The number of nitrogens with zero attached hydrogens (tertiary/aromatic N) is 3. The number of aromatic nitrogens is 1. The number of rotatable bonds is 5.